The summed E-state index contributed by atoms with van der Waals surface area (Å²) >= 11 is 0. The number of methoxy groups -OCH3 is 2. The van der Waals surface area contributed by atoms with Gasteiger partial charge in [-0.3, -0.25) is 24.2 Å². The first-order valence-corrected chi connectivity index (χ1v) is 16.6. The van der Waals surface area contributed by atoms with Gasteiger partial charge in [0.05, 0.1) is 37.1 Å². The number of ether oxygens (including phenoxy) is 3. The molecule has 2 fully saturated rings. The molecule has 10 heteroatoms. The molecule has 0 aromatic heterocycles. The minimum absolute atomic E-state index is 0.117. The first-order chi connectivity index (χ1) is 22.9. The van der Waals surface area contributed by atoms with Crippen molar-refractivity contribution in [2.45, 2.75) is 50.8 Å². The molecular weight excluding hydrogens is 596 g/mol. The van der Waals surface area contributed by atoms with Crippen molar-refractivity contribution in [2.24, 2.45) is 0 Å². The summed E-state index contributed by atoms with van der Waals surface area (Å²) < 4.78 is 16.5. The summed E-state index contributed by atoms with van der Waals surface area (Å²) in [5.41, 5.74) is 3.72. The van der Waals surface area contributed by atoms with Crippen LogP contribution in [0.5, 0.6) is 11.5 Å². The van der Waals surface area contributed by atoms with Crippen LogP contribution < -0.4 is 19.7 Å². The number of amides is 3. The van der Waals surface area contributed by atoms with E-state index in [0.717, 1.165) is 50.3 Å². The summed E-state index contributed by atoms with van der Waals surface area (Å²) in [4.78, 5) is 47.1. The number of hydrogen-bond acceptors (Lipinski definition) is 8. The predicted molar refractivity (Wildman–Crippen MR) is 179 cm³/mol. The second-order valence-electron chi connectivity index (χ2n) is 12.4. The van der Waals surface area contributed by atoms with Gasteiger partial charge in [0.2, 0.25) is 5.91 Å². The highest BCUT2D eigenvalue weighted by atomic mass is 16.5. The maximum absolute atomic E-state index is 14.4. The zero-order valence-corrected chi connectivity index (χ0v) is 27.4. The van der Waals surface area contributed by atoms with Crippen LogP contribution in [0.25, 0.3) is 0 Å². The van der Waals surface area contributed by atoms with Crippen molar-refractivity contribution < 1.29 is 28.6 Å². The molecular formula is C37H44N4O6. The summed E-state index contributed by atoms with van der Waals surface area (Å²) in [7, 11) is 3.13. The van der Waals surface area contributed by atoms with Gasteiger partial charge in [0.1, 0.15) is 6.10 Å². The molecule has 1 unspecified atom stereocenters. The van der Waals surface area contributed by atoms with Gasteiger partial charge in [-0.15, -0.1) is 0 Å². The number of imide groups is 1. The Morgan fingerprint density at radius 2 is 1.68 bits per heavy atom. The van der Waals surface area contributed by atoms with Crippen molar-refractivity contribution in [1.29, 1.82) is 0 Å². The number of anilines is 1. The van der Waals surface area contributed by atoms with Crippen molar-refractivity contribution in [3.8, 4) is 11.5 Å². The third-order valence-electron chi connectivity index (χ3n) is 9.69. The lowest BCUT2D eigenvalue weighted by molar-refractivity contribution is -0.130. The zero-order valence-electron chi connectivity index (χ0n) is 27.4. The van der Waals surface area contributed by atoms with Gasteiger partial charge >= 0.3 is 0 Å². The maximum atomic E-state index is 14.4. The highest BCUT2D eigenvalue weighted by Crippen LogP contribution is 2.40. The Morgan fingerprint density at radius 1 is 0.915 bits per heavy atom. The van der Waals surface area contributed by atoms with Crippen LogP contribution in [0.15, 0.2) is 66.7 Å². The second-order valence-corrected chi connectivity index (χ2v) is 12.4. The fraction of sp³-hybridized carbons (Fsp3) is 0.432. The van der Waals surface area contributed by atoms with E-state index in [1.807, 2.05) is 30.3 Å². The van der Waals surface area contributed by atoms with E-state index < -0.39 is 12.1 Å². The highest BCUT2D eigenvalue weighted by Gasteiger charge is 2.43. The van der Waals surface area contributed by atoms with Crippen LogP contribution in [0.2, 0.25) is 0 Å². The lowest BCUT2D eigenvalue weighted by Crippen LogP contribution is -2.47. The van der Waals surface area contributed by atoms with Gasteiger partial charge in [-0.05, 0) is 68.0 Å². The number of benzene rings is 3. The normalized spacial score (nSPS) is 19.4. The Kier molecular flexibility index (Phi) is 10.1. The lowest BCUT2D eigenvalue weighted by atomic mass is 9.99. The highest BCUT2D eigenvalue weighted by molar-refractivity contribution is 6.24. The average Bonchev–Trinajstić information content (AvgIpc) is 3.75. The van der Waals surface area contributed by atoms with E-state index in [1.165, 1.54) is 10.5 Å². The monoisotopic (exact) mass is 640 g/mol. The summed E-state index contributed by atoms with van der Waals surface area (Å²) in [6.07, 6.45) is 2.20. The van der Waals surface area contributed by atoms with Gasteiger partial charge in [0, 0.05) is 45.4 Å². The topological polar surface area (TPSA) is 101 Å². The molecule has 3 aromatic rings. The minimum Gasteiger partial charge on any atom is -0.493 e. The van der Waals surface area contributed by atoms with E-state index in [9.17, 15) is 14.4 Å². The fourth-order valence-corrected chi connectivity index (χ4v) is 7.03. The van der Waals surface area contributed by atoms with Crippen LogP contribution >= 0.6 is 0 Å². The number of nitrogens with one attached hydrogen (secondary N) is 1. The molecule has 248 valence electrons. The van der Waals surface area contributed by atoms with Gasteiger partial charge < -0.3 is 24.4 Å². The van der Waals surface area contributed by atoms with Crippen molar-refractivity contribution in [3.05, 3.63) is 89.0 Å². The number of carbonyl (C=O) groups is 3. The molecule has 2 saturated heterocycles. The minimum atomic E-state index is -0.571. The number of carbonyl (C=O) groups excluding carboxylic acids is 3. The Balaban J connectivity index is 1.22. The molecule has 3 aliphatic heterocycles. The number of hydrogen-bond donors (Lipinski definition) is 1. The molecule has 0 aliphatic carbocycles. The summed E-state index contributed by atoms with van der Waals surface area (Å²) in [5.74, 6) is 0.342. The van der Waals surface area contributed by atoms with E-state index in [1.54, 1.807) is 26.4 Å². The fourth-order valence-electron chi connectivity index (χ4n) is 7.03. The van der Waals surface area contributed by atoms with Crippen LogP contribution in [0.1, 0.15) is 76.5 Å². The van der Waals surface area contributed by atoms with Crippen LogP contribution in [0.4, 0.5) is 5.69 Å². The first kappa shape index (κ1) is 32.5. The quantitative estimate of drug-likeness (QED) is 0.218. The Labute approximate surface area is 276 Å². The SMILES string of the molecule is COc1ccc([C@@H](CCCNC(=O)C2CCCO2)N2C(=O)c3cccc(N4CCN([C@H](C)c5ccccc5)CC4)c3C2=O)cc1OC. The number of fused-ring (bicyclic) bond motifs is 1. The molecule has 3 aliphatic rings. The van der Waals surface area contributed by atoms with Crippen molar-refractivity contribution in [1.82, 2.24) is 15.1 Å². The molecule has 1 N–H and O–H groups in total. The van der Waals surface area contributed by atoms with Gasteiger partial charge in [-0.25, -0.2) is 0 Å². The third-order valence-corrected chi connectivity index (χ3v) is 9.69. The molecule has 3 amide bonds. The van der Waals surface area contributed by atoms with E-state index in [4.69, 9.17) is 14.2 Å². The van der Waals surface area contributed by atoms with Crippen LogP contribution in [0.3, 0.4) is 0 Å². The molecule has 3 heterocycles. The molecule has 47 heavy (non-hydrogen) atoms. The van der Waals surface area contributed by atoms with Crippen LogP contribution in [-0.2, 0) is 9.53 Å². The lowest BCUT2D eigenvalue weighted by Gasteiger charge is -2.39. The molecule has 10 nitrogen and oxygen atoms in total. The zero-order chi connectivity index (χ0) is 32.9. The third kappa shape index (κ3) is 6.71. The molecule has 6 rings (SSSR count). The van der Waals surface area contributed by atoms with E-state index in [0.29, 0.717) is 48.6 Å². The molecule has 0 radical (unpaired) electrons. The van der Waals surface area contributed by atoms with E-state index in [2.05, 4.69) is 46.3 Å². The van der Waals surface area contributed by atoms with Gasteiger partial charge in [-0.1, -0.05) is 42.5 Å². The molecule has 3 aromatic carbocycles. The van der Waals surface area contributed by atoms with Crippen LogP contribution in [-0.4, -0.2) is 87.2 Å². The molecule has 3 atom stereocenters. The summed E-state index contributed by atoms with van der Waals surface area (Å²) in [5, 5.41) is 2.97. The summed E-state index contributed by atoms with van der Waals surface area (Å²) in [6.45, 7) is 6.42. The van der Waals surface area contributed by atoms with Crippen molar-refractivity contribution in [2.75, 3.05) is 58.5 Å². The number of nitrogens with zero attached hydrogens (tertiary/aromatic N) is 3. The van der Waals surface area contributed by atoms with E-state index >= 15 is 0 Å². The average molecular weight is 641 g/mol. The Morgan fingerprint density at radius 3 is 2.38 bits per heavy atom. The summed E-state index contributed by atoms with van der Waals surface area (Å²) in [6, 6.07) is 21.3. The number of piperazine rings is 1. The first-order valence-electron chi connectivity index (χ1n) is 16.6. The largest absolute Gasteiger partial charge is 0.493 e. The standard InChI is InChI=1S/C37H44N4O6/c1-25(26-10-5-4-6-11-26)39-19-21-40(22-20-39)30-13-7-12-28-34(30)37(44)41(36(28)43)29(27-16-17-31(45-2)33(24-27)46-3)14-8-18-38-35(42)32-15-9-23-47-32/h4-7,10-13,16-17,24-25,29,32H,8-9,14-15,18-23H2,1-3H3,(H,38,42)/t25-,29-,32?/m1/s1. The van der Waals surface area contributed by atoms with Crippen molar-refractivity contribution >= 4 is 23.4 Å². The Bertz CT molecular complexity index is 1580. The van der Waals surface area contributed by atoms with Gasteiger partial charge in [0.15, 0.2) is 11.5 Å². The molecule has 0 saturated carbocycles. The Hall–Kier alpha value is -4.41. The maximum Gasteiger partial charge on any atom is 0.264 e. The van der Waals surface area contributed by atoms with Crippen LogP contribution in [0, 0.1) is 0 Å². The smallest absolute Gasteiger partial charge is 0.264 e. The van der Waals surface area contributed by atoms with Crippen molar-refractivity contribution in [3.63, 3.8) is 0 Å². The van der Waals surface area contributed by atoms with Gasteiger partial charge in [0.25, 0.3) is 11.8 Å². The van der Waals surface area contributed by atoms with Gasteiger partial charge in [-0.2, -0.15) is 0 Å². The second kappa shape index (κ2) is 14.6. The van der Waals surface area contributed by atoms with E-state index in [-0.39, 0.29) is 23.8 Å². The molecule has 0 bridgehead atoms. The number of rotatable bonds is 12. The predicted octanol–water partition coefficient (Wildman–Crippen LogP) is 5.00. The molecule has 0 spiro atoms.